The minimum atomic E-state index is 1.09. The third-order valence-corrected chi connectivity index (χ3v) is 5.10. The molecule has 23 heavy (non-hydrogen) atoms. The number of benzene rings is 1. The molecule has 1 aliphatic heterocycles. The van der Waals surface area contributed by atoms with Crippen molar-refractivity contribution in [3.8, 4) is 0 Å². The summed E-state index contributed by atoms with van der Waals surface area (Å²) in [7, 11) is 0. The largest absolute Gasteiger partial charge is 0.358 e. The molecule has 0 amide bonds. The summed E-state index contributed by atoms with van der Waals surface area (Å²) in [6, 6.07) is 10.6. The molecule has 118 valence electrons. The highest BCUT2D eigenvalue weighted by atomic mass is 14.8. The van der Waals surface area contributed by atoms with Crippen molar-refractivity contribution in [1.29, 1.82) is 0 Å². The Kier molecular flexibility index (Phi) is 3.85. The van der Waals surface area contributed by atoms with Gasteiger partial charge in [0.25, 0.3) is 0 Å². The normalized spacial score (nSPS) is 16.9. The van der Waals surface area contributed by atoms with E-state index in [1.54, 1.807) is 0 Å². The summed E-state index contributed by atoms with van der Waals surface area (Å²) >= 11 is 0. The van der Waals surface area contributed by atoms with Crippen molar-refractivity contribution in [1.82, 2.24) is 4.98 Å². The number of allylic oxidation sites excluding steroid dienone is 2. The second kappa shape index (κ2) is 5.69. The van der Waals surface area contributed by atoms with Crippen LogP contribution in [0.2, 0.25) is 0 Å². The highest BCUT2D eigenvalue weighted by Crippen LogP contribution is 2.37. The number of nitrogens with zero attached hydrogens (tertiary/aromatic N) is 1. The van der Waals surface area contributed by atoms with Gasteiger partial charge < -0.3 is 4.98 Å². The molecule has 3 rings (SSSR count). The highest BCUT2D eigenvalue weighted by Gasteiger charge is 2.23. The summed E-state index contributed by atoms with van der Waals surface area (Å²) in [5.41, 5.74) is 12.2. The lowest BCUT2D eigenvalue weighted by Crippen LogP contribution is -1.96. The standard InChI is InChI=1S/C21H24N2/c1-12-14(3)20(22-16(12)5)19(18-10-8-7-9-11-18)21-15(4)13(2)17(6)23-21/h7-11,22H,1-6H3/b21-19-. The van der Waals surface area contributed by atoms with Crippen LogP contribution >= 0.6 is 0 Å². The third kappa shape index (κ3) is 2.48. The summed E-state index contributed by atoms with van der Waals surface area (Å²) < 4.78 is 0. The van der Waals surface area contributed by atoms with E-state index in [0.29, 0.717) is 0 Å². The first-order chi connectivity index (χ1) is 10.9. The van der Waals surface area contributed by atoms with Gasteiger partial charge in [0.05, 0.1) is 11.4 Å². The van der Waals surface area contributed by atoms with Gasteiger partial charge in [-0.15, -0.1) is 0 Å². The van der Waals surface area contributed by atoms with Gasteiger partial charge in [0, 0.05) is 17.0 Å². The minimum absolute atomic E-state index is 1.09. The van der Waals surface area contributed by atoms with Crippen molar-refractivity contribution in [3.63, 3.8) is 0 Å². The van der Waals surface area contributed by atoms with Crippen molar-refractivity contribution in [3.05, 3.63) is 75.3 Å². The monoisotopic (exact) mass is 304 g/mol. The number of nitrogens with one attached hydrogen (secondary N) is 1. The number of hydrogen-bond donors (Lipinski definition) is 1. The summed E-state index contributed by atoms with van der Waals surface area (Å²) in [5.74, 6) is 0. The molecule has 2 heteroatoms. The van der Waals surface area contributed by atoms with Gasteiger partial charge in [0.2, 0.25) is 0 Å². The van der Waals surface area contributed by atoms with Crippen LogP contribution in [0.15, 0.2) is 52.2 Å². The second-order valence-corrected chi connectivity index (χ2v) is 6.41. The van der Waals surface area contributed by atoms with Gasteiger partial charge in [-0.1, -0.05) is 30.3 Å². The summed E-state index contributed by atoms with van der Waals surface area (Å²) in [5, 5.41) is 0. The Hall–Kier alpha value is -2.35. The molecule has 0 saturated carbocycles. The zero-order valence-electron chi connectivity index (χ0n) is 14.8. The SMILES string of the molecule is CC1=N/C(=C(/c2ccccc2)c2[nH]c(C)c(C)c2C)C(C)=C1C. The summed E-state index contributed by atoms with van der Waals surface area (Å²) in [4.78, 5) is 8.47. The van der Waals surface area contributed by atoms with Gasteiger partial charge in [0.1, 0.15) is 0 Å². The van der Waals surface area contributed by atoms with E-state index in [1.807, 2.05) is 0 Å². The van der Waals surface area contributed by atoms with Gasteiger partial charge in [-0.05, 0) is 69.4 Å². The average Bonchev–Trinajstić information content (AvgIpc) is 2.95. The van der Waals surface area contributed by atoms with Crippen LogP contribution in [0.5, 0.6) is 0 Å². The van der Waals surface area contributed by atoms with Gasteiger partial charge in [-0.2, -0.15) is 0 Å². The van der Waals surface area contributed by atoms with E-state index in [1.165, 1.54) is 44.8 Å². The molecule has 0 unspecified atom stereocenters. The molecule has 0 bridgehead atoms. The van der Waals surface area contributed by atoms with Crippen LogP contribution in [-0.2, 0) is 0 Å². The first-order valence-electron chi connectivity index (χ1n) is 8.11. The van der Waals surface area contributed by atoms with E-state index in [9.17, 15) is 0 Å². The predicted molar refractivity (Wildman–Crippen MR) is 99.0 cm³/mol. The van der Waals surface area contributed by atoms with Crippen LogP contribution in [0, 0.1) is 20.8 Å². The second-order valence-electron chi connectivity index (χ2n) is 6.41. The average molecular weight is 304 g/mol. The Bertz CT molecular complexity index is 859. The van der Waals surface area contributed by atoms with E-state index in [2.05, 4.69) is 76.9 Å². The van der Waals surface area contributed by atoms with E-state index in [-0.39, 0.29) is 0 Å². The maximum Gasteiger partial charge on any atom is 0.0764 e. The van der Waals surface area contributed by atoms with Crippen LogP contribution in [0.1, 0.15) is 48.8 Å². The molecule has 1 N–H and O–H groups in total. The molecular weight excluding hydrogens is 280 g/mol. The van der Waals surface area contributed by atoms with E-state index in [0.717, 1.165) is 11.4 Å². The van der Waals surface area contributed by atoms with Crippen LogP contribution in [-0.4, -0.2) is 10.7 Å². The third-order valence-electron chi connectivity index (χ3n) is 5.10. The lowest BCUT2D eigenvalue weighted by Gasteiger charge is -2.12. The maximum absolute atomic E-state index is 4.89. The molecule has 1 aromatic carbocycles. The van der Waals surface area contributed by atoms with E-state index < -0.39 is 0 Å². The Morgan fingerprint density at radius 3 is 1.96 bits per heavy atom. The maximum atomic E-state index is 4.89. The molecule has 0 saturated heterocycles. The lowest BCUT2D eigenvalue weighted by molar-refractivity contribution is 1.20. The Labute approximate surface area is 138 Å². The van der Waals surface area contributed by atoms with Crippen LogP contribution in [0.4, 0.5) is 0 Å². The zero-order valence-corrected chi connectivity index (χ0v) is 14.8. The van der Waals surface area contributed by atoms with Gasteiger partial charge in [-0.3, -0.25) is 4.99 Å². The molecule has 0 fully saturated rings. The lowest BCUT2D eigenvalue weighted by atomic mass is 9.94. The van der Waals surface area contributed by atoms with Crippen molar-refractivity contribution in [2.75, 3.05) is 0 Å². The quantitative estimate of drug-likeness (QED) is 0.757. The fourth-order valence-electron chi connectivity index (χ4n) is 3.13. The van der Waals surface area contributed by atoms with Crippen LogP contribution < -0.4 is 0 Å². The smallest absolute Gasteiger partial charge is 0.0764 e. The molecule has 2 aromatic rings. The van der Waals surface area contributed by atoms with Gasteiger partial charge in [0.15, 0.2) is 0 Å². The number of aryl methyl sites for hydroxylation is 1. The zero-order chi connectivity index (χ0) is 16.7. The van der Waals surface area contributed by atoms with E-state index >= 15 is 0 Å². The van der Waals surface area contributed by atoms with Gasteiger partial charge in [-0.25, -0.2) is 0 Å². The summed E-state index contributed by atoms with van der Waals surface area (Å²) in [6.07, 6.45) is 0. The molecular formula is C21H24N2. The topological polar surface area (TPSA) is 28.1 Å². The molecule has 0 radical (unpaired) electrons. The van der Waals surface area contributed by atoms with E-state index in [4.69, 9.17) is 4.99 Å². The van der Waals surface area contributed by atoms with Gasteiger partial charge >= 0.3 is 0 Å². The first-order valence-corrected chi connectivity index (χ1v) is 8.11. The fraction of sp³-hybridized carbons (Fsp3) is 0.286. The predicted octanol–water partition coefficient (Wildman–Crippen LogP) is 5.51. The summed E-state index contributed by atoms with van der Waals surface area (Å²) in [6.45, 7) is 12.9. The van der Waals surface area contributed by atoms with Crippen molar-refractivity contribution in [2.24, 2.45) is 4.99 Å². The molecule has 0 atom stereocenters. The molecule has 2 nitrogen and oxygen atoms in total. The first kappa shape index (κ1) is 15.5. The molecule has 0 spiro atoms. The molecule has 2 heterocycles. The van der Waals surface area contributed by atoms with Crippen molar-refractivity contribution < 1.29 is 0 Å². The Morgan fingerprint density at radius 1 is 0.826 bits per heavy atom. The number of rotatable bonds is 2. The Balaban J connectivity index is 2.36. The number of H-pyrrole nitrogens is 1. The Morgan fingerprint density at radius 2 is 1.48 bits per heavy atom. The molecule has 0 aliphatic carbocycles. The fourth-order valence-corrected chi connectivity index (χ4v) is 3.13. The number of aromatic amines is 1. The van der Waals surface area contributed by atoms with Crippen LogP contribution in [0.3, 0.4) is 0 Å². The van der Waals surface area contributed by atoms with Crippen molar-refractivity contribution in [2.45, 2.75) is 41.5 Å². The number of aromatic nitrogens is 1. The molecule has 1 aromatic heterocycles. The number of aliphatic imine (C=N–C) groups is 1. The minimum Gasteiger partial charge on any atom is -0.358 e. The number of hydrogen-bond acceptors (Lipinski definition) is 1. The highest BCUT2D eigenvalue weighted by molar-refractivity contribution is 6.05. The molecule has 1 aliphatic rings. The van der Waals surface area contributed by atoms with Crippen LogP contribution in [0.25, 0.3) is 5.57 Å². The van der Waals surface area contributed by atoms with Crippen molar-refractivity contribution >= 4 is 11.3 Å².